The van der Waals surface area contributed by atoms with Crippen molar-refractivity contribution in [2.45, 2.75) is 37.8 Å². The van der Waals surface area contributed by atoms with Crippen LogP contribution in [0.2, 0.25) is 0 Å². The Morgan fingerprint density at radius 3 is 2.76 bits per heavy atom. The molecule has 3 heterocycles. The summed E-state index contributed by atoms with van der Waals surface area (Å²) in [6.45, 7) is 3.31. The highest BCUT2D eigenvalue weighted by atomic mass is 19.1. The van der Waals surface area contributed by atoms with Crippen LogP contribution in [-0.4, -0.2) is 99.8 Å². The van der Waals surface area contributed by atoms with Crippen LogP contribution in [0, 0.1) is 11.3 Å². The Bertz CT molecular complexity index is 1430. The van der Waals surface area contributed by atoms with Gasteiger partial charge in [0.25, 0.3) is 5.91 Å². The molecular formula is C29H32FN7O5. The van der Waals surface area contributed by atoms with Gasteiger partial charge in [0.05, 0.1) is 31.4 Å². The summed E-state index contributed by atoms with van der Waals surface area (Å²) in [6.07, 6.45) is -2.10. The number of nitrogens with one attached hydrogen (secondary N) is 1. The van der Waals surface area contributed by atoms with Crippen molar-refractivity contribution in [3.63, 3.8) is 0 Å². The van der Waals surface area contributed by atoms with E-state index in [1.54, 1.807) is 18.2 Å². The average molecular weight is 578 g/mol. The number of morpholine rings is 1. The molecule has 2 aliphatic rings. The van der Waals surface area contributed by atoms with Crippen molar-refractivity contribution in [2.24, 2.45) is 0 Å². The second-order valence-electron chi connectivity index (χ2n) is 10.2. The Kier molecular flexibility index (Phi) is 9.06. The lowest BCUT2D eigenvalue weighted by molar-refractivity contribution is -0.143. The number of hydrogen-bond acceptors (Lipinski definition) is 11. The van der Waals surface area contributed by atoms with Crippen LogP contribution < -0.4 is 15.0 Å². The number of ether oxygens (including phenoxy) is 2. The maximum Gasteiger partial charge on any atom is 0.251 e. The van der Waals surface area contributed by atoms with Gasteiger partial charge in [-0.3, -0.25) is 4.79 Å². The summed E-state index contributed by atoms with van der Waals surface area (Å²) in [6, 6.07) is 14.7. The highest BCUT2D eigenvalue weighted by molar-refractivity contribution is 5.80. The predicted octanol–water partition coefficient (Wildman–Crippen LogP) is 2.05. The number of benzene rings is 2. The Morgan fingerprint density at radius 2 is 2.05 bits per heavy atom. The molecule has 0 spiro atoms. The summed E-state index contributed by atoms with van der Waals surface area (Å²) in [5.74, 6) is 0.356. The number of aliphatic hydroxyl groups excluding tert-OH is 2. The minimum absolute atomic E-state index is 0.0182. The minimum atomic E-state index is -1.47. The largest absolute Gasteiger partial charge is 0.486 e. The van der Waals surface area contributed by atoms with Crippen LogP contribution in [0.25, 0.3) is 11.4 Å². The molecular weight excluding hydrogens is 545 g/mol. The van der Waals surface area contributed by atoms with Gasteiger partial charge >= 0.3 is 0 Å². The van der Waals surface area contributed by atoms with Crippen molar-refractivity contribution in [1.82, 2.24) is 19.9 Å². The van der Waals surface area contributed by atoms with Crippen molar-refractivity contribution in [3.05, 3.63) is 54.4 Å². The molecule has 1 unspecified atom stereocenters. The number of alkyl halides is 1. The molecule has 3 aromatic rings. The van der Waals surface area contributed by atoms with E-state index in [1.807, 2.05) is 24.3 Å². The quantitative estimate of drug-likeness (QED) is 0.360. The van der Waals surface area contributed by atoms with E-state index in [1.165, 1.54) is 18.2 Å². The number of carbonyl (C=O) groups is 1. The molecule has 13 heteroatoms. The van der Waals surface area contributed by atoms with Crippen molar-refractivity contribution in [2.75, 3.05) is 49.6 Å². The first kappa shape index (κ1) is 29.1. The van der Waals surface area contributed by atoms with Gasteiger partial charge < -0.3 is 34.8 Å². The number of rotatable bonds is 8. The number of carbonyl (C=O) groups excluding carboxylic acids is 1. The Morgan fingerprint density at radius 1 is 1.24 bits per heavy atom. The normalized spacial score (nSPS) is 21.4. The summed E-state index contributed by atoms with van der Waals surface area (Å²) < 4.78 is 26.2. The van der Waals surface area contributed by atoms with Gasteiger partial charge in [-0.1, -0.05) is 0 Å². The Labute approximate surface area is 242 Å². The number of nitriles is 1. The Hall–Kier alpha value is -4.38. The fraction of sp³-hybridized carbons (Fsp3) is 0.414. The van der Waals surface area contributed by atoms with E-state index in [0.29, 0.717) is 30.5 Å². The molecule has 2 fully saturated rings. The van der Waals surface area contributed by atoms with Gasteiger partial charge in [-0.2, -0.15) is 10.2 Å². The minimum Gasteiger partial charge on any atom is -0.486 e. The molecule has 3 N–H and O–H groups in total. The van der Waals surface area contributed by atoms with Crippen LogP contribution >= 0.6 is 0 Å². The molecule has 0 saturated carbocycles. The molecule has 0 radical (unpaired) electrons. The molecule has 220 valence electrons. The van der Waals surface area contributed by atoms with E-state index in [-0.39, 0.29) is 43.5 Å². The van der Waals surface area contributed by atoms with Crippen LogP contribution in [0.5, 0.6) is 5.75 Å². The van der Waals surface area contributed by atoms with Gasteiger partial charge in [-0.25, -0.2) is 14.4 Å². The molecule has 1 aromatic heterocycles. The fourth-order valence-electron chi connectivity index (χ4n) is 4.95. The lowest BCUT2D eigenvalue weighted by atomic mass is 10.0. The number of halogens is 1. The standard InChI is InChI=1S/C29H32FN7O5/c1-18(39)28(40)37-9-8-26(24(30)15-37)42-25-7-2-19(12-20(25)13-31)27-32-17-33-29(35-27)34-21-3-5-22(6-4-21)36-10-11-41-23(14-36)16-38/h2-7,12,17-18,23-24,26,38-39H,8-11,14-16H2,1H3,(H,32,33,34,35)/t18?,23-,24+,26-/m0/s1. The van der Waals surface area contributed by atoms with Crippen LogP contribution in [0.4, 0.5) is 21.7 Å². The van der Waals surface area contributed by atoms with Crippen molar-refractivity contribution in [3.8, 4) is 23.2 Å². The topological polar surface area (TPSA) is 157 Å². The predicted molar refractivity (Wildman–Crippen MR) is 151 cm³/mol. The number of hydrogen-bond donors (Lipinski definition) is 3. The summed E-state index contributed by atoms with van der Waals surface area (Å²) in [5.41, 5.74) is 2.54. The Balaban J connectivity index is 1.24. The molecule has 0 aliphatic carbocycles. The number of anilines is 3. The lowest BCUT2D eigenvalue weighted by Gasteiger charge is -2.35. The van der Waals surface area contributed by atoms with Gasteiger partial charge in [0.1, 0.15) is 30.4 Å². The maximum atomic E-state index is 14.8. The van der Waals surface area contributed by atoms with Gasteiger partial charge in [-0.15, -0.1) is 0 Å². The summed E-state index contributed by atoms with van der Waals surface area (Å²) >= 11 is 0. The van der Waals surface area contributed by atoms with Crippen molar-refractivity contribution >= 4 is 23.2 Å². The zero-order valence-corrected chi connectivity index (χ0v) is 23.1. The van der Waals surface area contributed by atoms with Gasteiger partial charge in [0.2, 0.25) is 5.95 Å². The number of aliphatic hydroxyl groups is 2. The number of piperidine rings is 1. The molecule has 2 aliphatic heterocycles. The zero-order valence-electron chi connectivity index (χ0n) is 23.1. The van der Waals surface area contributed by atoms with E-state index >= 15 is 0 Å². The monoisotopic (exact) mass is 577 g/mol. The smallest absolute Gasteiger partial charge is 0.251 e. The van der Waals surface area contributed by atoms with E-state index in [4.69, 9.17) is 9.47 Å². The second-order valence-corrected chi connectivity index (χ2v) is 10.2. The van der Waals surface area contributed by atoms with E-state index in [9.17, 15) is 24.7 Å². The third-order valence-electron chi connectivity index (χ3n) is 7.19. The molecule has 42 heavy (non-hydrogen) atoms. The molecule has 4 atom stereocenters. The highest BCUT2D eigenvalue weighted by Gasteiger charge is 2.34. The summed E-state index contributed by atoms with van der Waals surface area (Å²) in [4.78, 5) is 28.4. The molecule has 5 rings (SSSR count). The SMILES string of the molecule is CC(O)C(=O)N1CC[C@H](Oc2ccc(-c3ncnc(Nc4ccc(N5CCO[C@H](CO)C5)cc4)n3)cc2C#N)[C@H](F)C1. The van der Waals surface area contributed by atoms with Gasteiger partial charge in [0, 0.05) is 43.0 Å². The lowest BCUT2D eigenvalue weighted by Crippen LogP contribution is -2.51. The number of amides is 1. The maximum absolute atomic E-state index is 14.8. The molecule has 0 bridgehead atoms. The van der Waals surface area contributed by atoms with Crippen LogP contribution in [0.3, 0.4) is 0 Å². The highest BCUT2D eigenvalue weighted by Crippen LogP contribution is 2.29. The summed E-state index contributed by atoms with van der Waals surface area (Å²) in [5, 5.41) is 31.8. The van der Waals surface area contributed by atoms with E-state index in [2.05, 4.69) is 31.2 Å². The first-order valence-corrected chi connectivity index (χ1v) is 13.7. The molecule has 2 aromatic carbocycles. The second kappa shape index (κ2) is 13.1. The van der Waals surface area contributed by atoms with Crippen molar-refractivity contribution < 1.29 is 28.9 Å². The van der Waals surface area contributed by atoms with E-state index in [0.717, 1.165) is 17.9 Å². The third-order valence-corrected chi connectivity index (χ3v) is 7.19. The number of likely N-dealkylation sites (tertiary alicyclic amines) is 1. The van der Waals surface area contributed by atoms with Gasteiger partial charge in [0.15, 0.2) is 12.0 Å². The first-order chi connectivity index (χ1) is 20.3. The van der Waals surface area contributed by atoms with Crippen LogP contribution in [0.1, 0.15) is 18.9 Å². The molecule has 1 amide bonds. The van der Waals surface area contributed by atoms with Crippen LogP contribution in [-0.2, 0) is 9.53 Å². The van der Waals surface area contributed by atoms with Crippen LogP contribution in [0.15, 0.2) is 48.8 Å². The van der Waals surface area contributed by atoms with Gasteiger partial charge in [-0.05, 0) is 49.4 Å². The first-order valence-electron chi connectivity index (χ1n) is 13.7. The zero-order chi connectivity index (χ0) is 29.6. The molecule has 12 nitrogen and oxygen atoms in total. The number of nitrogens with zero attached hydrogens (tertiary/aromatic N) is 6. The van der Waals surface area contributed by atoms with Crippen molar-refractivity contribution in [1.29, 1.82) is 5.26 Å². The average Bonchev–Trinajstić information content (AvgIpc) is 3.02. The fourth-order valence-corrected chi connectivity index (χ4v) is 4.95. The third kappa shape index (κ3) is 6.73. The van der Waals surface area contributed by atoms with E-state index < -0.39 is 24.3 Å². The number of aromatic nitrogens is 3. The summed E-state index contributed by atoms with van der Waals surface area (Å²) in [7, 11) is 0. The molecule has 2 saturated heterocycles.